The largest absolute Gasteiger partial charge is 0.336 e. The molecular formula is C17H29NO. The van der Waals surface area contributed by atoms with Gasteiger partial charge < -0.3 is 4.90 Å². The van der Waals surface area contributed by atoms with Crippen molar-refractivity contribution in [3.05, 3.63) is 0 Å². The number of carbonyl (C=O) groups excluding carboxylic acids is 1. The Morgan fingerprint density at radius 3 is 2.26 bits per heavy atom. The summed E-state index contributed by atoms with van der Waals surface area (Å²) in [6.07, 6.45) is 12.1. The first kappa shape index (κ1) is 13.5. The monoisotopic (exact) mass is 263 g/mol. The lowest BCUT2D eigenvalue weighted by atomic mass is 9.87. The lowest BCUT2D eigenvalue weighted by Crippen LogP contribution is -2.51. The third kappa shape index (κ3) is 2.55. The fourth-order valence-corrected chi connectivity index (χ4v) is 4.82. The number of rotatable bonds is 3. The van der Waals surface area contributed by atoms with E-state index in [2.05, 4.69) is 18.7 Å². The normalized spacial score (nSPS) is 35.0. The highest BCUT2D eigenvalue weighted by Gasteiger charge is 2.45. The Morgan fingerprint density at radius 1 is 1.00 bits per heavy atom. The minimum Gasteiger partial charge on any atom is -0.336 e. The van der Waals surface area contributed by atoms with E-state index < -0.39 is 0 Å². The van der Waals surface area contributed by atoms with Crippen LogP contribution in [0.5, 0.6) is 0 Å². The number of amides is 1. The van der Waals surface area contributed by atoms with Gasteiger partial charge in [0, 0.05) is 18.0 Å². The van der Waals surface area contributed by atoms with Crippen molar-refractivity contribution in [2.45, 2.75) is 83.7 Å². The van der Waals surface area contributed by atoms with Crippen molar-refractivity contribution in [2.75, 3.05) is 0 Å². The first-order chi connectivity index (χ1) is 9.16. The molecule has 2 bridgehead atoms. The molecular weight excluding hydrogens is 234 g/mol. The fourth-order valence-electron chi connectivity index (χ4n) is 4.82. The van der Waals surface area contributed by atoms with Crippen LogP contribution in [0, 0.1) is 17.8 Å². The van der Waals surface area contributed by atoms with Gasteiger partial charge in [-0.05, 0) is 43.9 Å². The highest BCUT2D eigenvalue weighted by molar-refractivity contribution is 5.79. The molecule has 0 aliphatic heterocycles. The number of carbonyl (C=O) groups is 1. The number of nitrogens with zero attached hydrogens (tertiary/aromatic N) is 1. The van der Waals surface area contributed by atoms with E-state index in [1.54, 1.807) is 0 Å². The number of hydrogen-bond donors (Lipinski definition) is 0. The summed E-state index contributed by atoms with van der Waals surface area (Å²) >= 11 is 0. The Balaban J connectivity index is 1.77. The molecule has 1 amide bonds. The van der Waals surface area contributed by atoms with Crippen molar-refractivity contribution < 1.29 is 4.79 Å². The van der Waals surface area contributed by atoms with Crippen molar-refractivity contribution >= 4 is 5.91 Å². The summed E-state index contributed by atoms with van der Waals surface area (Å²) in [6.45, 7) is 4.15. The highest BCUT2D eigenvalue weighted by Crippen LogP contribution is 2.48. The first-order valence-corrected chi connectivity index (χ1v) is 8.49. The average molecular weight is 263 g/mol. The Labute approximate surface area is 117 Å². The van der Waals surface area contributed by atoms with E-state index in [9.17, 15) is 4.79 Å². The molecule has 0 radical (unpaired) electrons. The Morgan fingerprint density at radius 2 is 1.74 bits per heavy atom. The van der Waals surface area contributed by atoms with Gasteiger partial charge >= 0.3 is 0 Å². The number of fused-ring (bicyclic) bond motifs is 2. The van der Waals surface area contributed by atoms with Crippen molar-refractivity contribution in [1.82, 2.24) is 4.90 Å². The maximum Gasteiger partial charge on any atom is 0.225 e. The van der Waals surface area contributed by atoms with E-state index in [-0.39, 0.29) is 5.92 Å². The summed E-state index contributed by atoms with van der Waals surface area (Å²) < 4.78 is 0. The Kier molecular flexibility index (Phi) is 3.86. The summed E-state index contributed by atoms with van der Waals surface area (Å²) in [6, 6.07) is 1.16. The molecule has 0 saturated heterocycles. The van der Waals surface area contributed by atoms with Gasteiger partial charge in [0.15, 0.2) is 0 Å². The lowest BCUT2D eigenvalue weighted by Gasteiger charge is -2.43. The molecule has 3 fully saturated rings. The molecule has 2 heteroatoms. The van der Waals surface area contributed by atoms with Gasteiger partial charge in [0.1, 0.15) is 0 Å². The van der Waals surface area contributed by atoms with Crippen LogP contribution in [0.15, 0.2) is 0 Å². The zero-order valence-corrected chi connectivity index (χ0v) is 12.6. The van der Waals surface area contributed by atoms with Gasteiger partial charge in [-0.1, -0.05) is 39.5 Å². The predicted octanol–water partition coefficient (Wildman–Crippen LogP) is 3.99. The zero-order chi connectivity index (χ0) is 13.4. The molecule has 3 aliphatic rings. The molecule has 0 spiro atoms. The maximum atomic E-state index is 12.7. The summed E-state index contributed by atoms with van der Waals surface area (Å²) in [4.78, 5) is 15.1. The van der Waals surface area contributed by atoms with Crippen LogP contribution in [-0.2, 0) is 4.79 Å². The molecule has 3 unspecified atom stereocenters. The molecule has 0 heterocycles. The topological polar surface area (TPSA) is 20.3 Å². The van der Waals surface area contributed by atoms with Gasteiger partial charge in [0.2, 0.25) is 5.91 Å². The molecule has 0 aromatic rings. The molecule has 0 aromatic carbocycles. The SMILES string of the molecule is CC(C)C(=O)N(C1CCCCC1)C1CC2CCC1C2. The molecule has 0 N–H and O–H groups in total. The molecule has 3 aliphatic carbocycles. The zero-order valence-electron chi connectivity index (χ0n) is 12.6. The van der Waals surface area contributed by atoms with Crippen molar-refractivity contribution in [3.63, 3.8) is 0 Å². The van der Waals surface area contributed by atoms with Crippen LogP contribution in [0.3, 0.4) is 0 Å². The van der Waals surface area contributed by atoms with Crippen molar-refractivity contribution in [3.8, 4) is 0 Å². The summed E-state index contributed by atoms with van der Waals surface area (Å²) in [5.74, 6) is 2.36. The highest BCUT2D eigenvalue weighted by atomic mass is 16.2. The van der Waals surface area contributed by atoms with Gasteiger partial charge in [-0.3, -0.25) is 4.79 Å². The van der Waals surface area contributed by atoms with E-state index in [0.29, 0.717) is 18.0 Å². The van der Waals surface area contributed by atoms with Gasteiger partial charge in [0.25, 0.3) is 0 Å². The second kappa shape index (κ2) is 5.46. The van der Waals surface area contributed by atoms with E-state index in [1.165, 1.54) is 57.8 Å². The van der Waals surface area contributed by atoms with Crippen LogP contribution >= 0.6 is 0 Å². The molecule has 2 nitrogen and oxygen atoms in total. The average Bonchev–Trinajstić information content (AvgIpc) is 3.02. The predicted molar refractivity (Wildman–Crippen MR) is 77.8 cm³/mol. The Bertz CT molecular complexity index is 332. The van der Waals surface area contributed by atoms with E-state index in [4.69, 9.17) is 0 Å². The van der Waals surface area contributed by atoms with E-state index in [0.717, 1.165) is 11.8 Å². The standard InChI is InChI=1S/C17H29NO/c1-12(2)17(19)18(15-6-4-3-5-7-15)16-11-13-8-9-14(16)10-13/h12-16H,3-11H2,1-2H3. The van der Waals surface area contributed by atoms with Crippen molar-refractivity contribution in [2.24, 2.45) is 17.8 Å². The van der Waals surface area contributed by atoms with Gasteiger partial charge in [0.05, 0.1) is 0 Å². The minimum absolute atomic E-state index is 0.168. The van der Waals surface area contributed by atoms with Crippen LogP contribution in [-0.4, -0.2) is 22.9 Å². The van der Waals surface area contributed by atoms with Crippen LogP contribution in [0.25, 0.3) is 0 Å². The Hall–Kier alpha value is -0.530. The van der Waals surface area contributed by atoms with E-state index in [1.807, 2.05) is 0 Å². The molecule has 0 aromatic heterocycles. The molecule has 19 heavy (non-hydrogen) atoms. The quantitative estimate of drug-likeness (QED) is 0.754. The second-order valence-corrected chi connectivity index (χ2v) is 7.43. The first-order valence-electron chi connectivity index (χ1n) is 8.49. The molecule has 3 saturated carbocycles. The summed E-state index contributed by atoms with van der Waals surface area (Å²) in [7, 11) is 0. The van der Waals surface area contributed by atoms with Crippen molar-refractivity contribution in [1.29, 1.82) is 0 Å². The fraction of sp³-hybridized carbons (Fsp3) is 0.941. The van der Waals surface area contributed by atoms with Crippen LogP contribution in [0.2, 0.25) is 0 Å². The van der Waals surface area contributed by atoms with E-state index >= 15 is 0 Å². The van der Waals surface area contributed by atoms with Crippen LogP contribution < -0.4 is 0 Å². The molecule has 108 valence electrons. The van der Waals surface area contributed by atoms with Gasteiger partial charge in [-0.15, -0.1) is 0 Å². The third-order valence-corrected chi connectivity index (χ3v) is 5.77. The third-order valence-electron chi connectivity index (χ3n) is 5.77. The molecule has 3 rings (SSSR count). The second-order valence-electron chi connectivity index (χ2n) is 7.43. The lowest BCUT2D eigenvalue weighted by molar-refractivity contribution is -0.142. The smallest absolute Gasteiger partial charge is 0.225 e. The summed E-state index contributed by atoms with van der Waals surface area (Å²) in [5, 5.41) is 0. The maximum absolute atomic E-state index is 12.7. The summed E-state index contributed by atoms with van der Waals surface area (Å²) in [5.41, 5.74) is 0. The number of hydrogen-bond acceptors (Lipinski definition) is 1. The molecule has 3 atom stereocenters. The minimum atomic E-state index is 0.168. The van der Waals surface area contributed by atoms with Crippen LogP contribution in [0.4, 0.5) is 0 Å². The van der Waals surface area contributed by atoms with Gasteiger partial charge in [-0.2, -0.15) is 0 Å². The van der Waals surface area contributed by atoms with Crippen LogP contribution in [0.1, 0.15) is 71.6 Å². The van der Waals surface area contributed by atoms with Gasteiger partial charge in [-0.25, -0.2) is 0 Å².